The van der Waals surface area contributed by atoms with Crippen molar-refractivity contribution in [3.63, 3.8) is 0 Å². The van der Waals surface area contributed by atoms with Crippen LogP contribution in [0.25, 0.3) is 10.4 Å². The lowest BCUT2D eigenvalue weighted by Gasteiger charge is -2.44. The molecule has 0 aromatic rings. The summed E-state index contributed by atoms with van der Waals surface area (Å²) >= 11 is 0. The van der Waals surface area contributed by atoms with E-state index in [0.717, 1.165) is 0 Å². The molecular formula is C15H25N3O11. The van der Waals surface area contributed by atoms with Gasteiger partial charge in [-0.1, -0.05) is 12.0 Å². The first-order valence-electron chi connectivity index (χ1n) is 8.92. The SMILES string of the molecule is CCC1O[C@H](O[C@H]2OC(COC(=O)CN=[N+]=[N-])[C@@H](O)[C@H](O)C2O)[C@H](O)C(O)[C@@H]1O. The molecule has 0 amide bonds. The van der Waals surface area contributed by atoms with Crippen molar-refractivity contribution >= 4 is 5.97 Å². The lowest BCUT2D eigenvalue weighted by atomic mass is 9.97. The zero-order valence-electron chi connectivity index (χ0n) is 15.5. The summed E-state index contributed by atoms with van der Waals surface area (Å²) in [5.74, 6) is -0.911. The van der Waals surface area contributed by atoms with Crippen LogP contribution in [0.1, 0.15) is 13.3 Å². The van der Waals surface area contributed by atoms with Crippen LogP contribution in [0.4, 0.5) is 0 Å². The van der Waals surface area contributed by atoms with Crippen LogP contribution in [0, 0.1) is 0 Å². The molecule has 0 aromatic carbocycles. The van der Waals surface area contributed by atoms with E-state index in [4.69, 9.17) is 24.5 Å². The molecule has 166 valence electrons. The molecule has 0 bridgehead atoms. The van der Waals surface area contributed by atoms with Crippen LogP contribution < -0.4 is 0 Å². The van der Waals surface area contributed by atoms with Crippen LogP contribution in [0.3, 0.4) is 0 Å². The van der Waals surface area contributed by atoms with Crippen LogP contribution in [0.15, 0.2) is 5.11 Å². The predicted octanol–water partition coefficient (Wildman–Crippen LogP) is -3.12. The smallest absolute Gasteiger partial charge is 0.311 e. The molecular weight excluding hydrogens is 398 g/mol. The molecule has 2 heterocycles. The molecule has 2 aliphatic rings. The molecule has 6 N–H and O–H groups in total. The fraction of sp³-hybridized carbons (Fsp3) is 0.933. The Morgan fingerprint density at radius 1 is 0.931 bits per heavy atom. The van der Waals surface area contributed by atoms with E-state index in [-0.39, 0.29) is 6.42 Å². The van der Waals surface area contributed by atoms with E-state index >= 15 is 0 Å². The summed E-state index contributed by atoms with van der Waals surface area (Å²) in [4.78, 5) is 13.8. The number of azide groups is 1. The lowest BCUT2D eigenvalue weighted by Crippen LogP contribution is -2.63. The highest BCUT2D eigenvalue weighted by atomic mass is 16.8. The van der Waals surface area contributed by atoms with Gasteiger partial charge in [0, 0.05) is 4.91 Å². The molecule has 4 unspecified atom stereocenters. The van der Waals surface area contributed by atoms with Crippen molar-refractivity contribution in [2.45, 2.75) is 74.8 Å². The Labute approximate surface area is 164 Å². The van der Waals surface area contributed by atoms with Crippen LogP contribution in [0.2, 0.25) is 0 Å². The van der Waals surface area contributed by atoms with E-state index in [0.29, 0.717) is 0 Å². The zero-order valence-corrected chi connectivity index (χ0v) is 15.5. The van der Waals surface area contributed by atoms with Gasteiger partial charge in [0.15, 0.2) is 12.6 Å². The molecule has 29 heavy (non-hydrogen) atoms. The van der Waals surface area contributed by atoms with Crippen molar-refractivity contribution in [2.75, 3.05) is 13.2 Å². The normalized spacial score (nSPS) is 42.7. The van der Waals surface area contributed by atoms with Gasteiger partial charge < -0.3 is 49.6 Å². The summed E-state index contributed by atoms with van der Waals surface area (Å²) in [5.41, 5.74) is 8.16. The van der Waals surface area contributed by atoms with Crippen molar-refractivity contribution < 1.29 is 54.4 Å². The first-order chi connectivity index (χ1) is 13.7. The number of ether oxygens (including phenoxy) is 4. The van der Waals surface area contributed by atoms with Gasteiger partial charge in [-0.15, -0.1) is 0 Å². The van der Waals surface area contributed by atoms with E-state index < -0.39 is 80.5 Å². The summed E-state index contributed by atoms with van der Waals surface area (Å²) in [5, 5.41) is 63.0. The average molecular weight is 423 g/mol. The van der Waals surface area contributed by atoms with Gasteiger partial charge in [-0.2, -0.15) is 0 Å². The highest BCUT2D eigenvalue weighted by Gasteiger charge is 2.49. The number of nitrogens with zero attached hydrogens (tertiary/aromatic N) is 3. The first-order valence-corrected chi connectivity index (χ1v) is 8.92. The van der Waals surface area contributed by atoms with Gasteiger partial charge in [-0.3, -0.25) is 4.79 Å². The maximum atomic E-state index is 11.4. The number of hydrogen-bond acceptors (Lipinski definition) is 12. The summed E-state index contributed by atoms with van der Waals surface area (Å²) in [6.07, 6.45) is -14.9. The van der Waals surface area contributed by atoms with Crippen molar-refractivity contribution in [2.24, 2.45) is 5.11 Å². The van der Waals surface area contributed by atoms with E-state index in [9.17, 15) is 35.4 Å². The van der Waals surface area contributed by atoms with Crippen LogP contribution in [-0.4, -0.2) is 111 Å². The first kappa shape index (κ1) is 23.7. The third-order valence-corrected chi connectivity index (χ3v) is 4.68. The molecule has 2 aliphatic heterocycles. The fourth-order valence-corrected chi connectivity index (χ4v) is 2.98. The van der Waals surface area contributed by atoms with Crippen molar-refractivity contribution in [3.8, 4) is 0 Å². The Balaban J connectivity index is 2.03. The third-order valence-electron chi connectivity index (χ3n) is 4.68. The topological polar surface area (TPSA) is 224 Å². The van der Waals surface area contributed by atoms with Crippen molar-refractivity contribution in [1.29, 1.82) is 0 Å². The van der Waals surface area contributed by atoms with Gasteiger partial charge in [0.1, 0.15) is 55.9 Å². The van der Waals surface area contributed by atoms with Crippen LogP contribution in [0.5, 0.6) is 0 Å². The second-order valence-electron chi connectivity index (χ2n) is 6.65. The van der Waals surface area contributed by atoms with Crippen LogP contribution >= 0.6 is 0 Å². The van der Waals surface area contributed by atoms with Gasteiger partial charge in [-0.25, -0.2) is 0 Å². The van der Waals surface area contributed by atoms with Crippen molar-refractivity contribution in [1.82, 2.24) is 0 Å². The molecule has 2 fully saturated rings. The Morgan fingerprint density at radius 2 is 1.45 bits per heavy atom. The largest absolute Gasteiger partial charge is 0.463 e. The molecule has 0 aliphatic carbocycles. The molecule has 0 spiro atoms. The van der Waals surface area contributed by atoms with E-state index in [1.165, 1.54) is 0 Å². The minimum Gasteiger partial charge on any atom is -0.463 e. The molecule has 14 nitrogen and oxygen atoms in total. The zero-order chi connectivity index (χ0) is 21.7. The minimum atomic E-state index is -1.76. The maximum Gasteiger partial charge on any atom is 0.311 e. The highest BCUT2D eigenvalue weighted by molar-refractivity contribution is 5.71. The Morgan fingerprint density at radius 3 is 1.97 bits per heavy atom. The Hall–Kier alpha value is -1.58. The number of rotatable bonds is 7. The lowest BCUT2D eigenvalue weighted by molar-refractivity contribution is -0.375. The number of hydrogen-bond donors (Lipinski definition) is 6. The number of carbonyl (C=O) groups is 1. The van der Waals surface area contributed by atoms with Gasteiger partial charge in [0.05, 0.1) is 6.10 Å². The van der Waals surface area contributed by atoms with E-state index in [1.54, 1.807) is 6.92 Å². The summed E-state index contributed by atoms with van der Waals surface area (Å²) in [7, 11) is 0. The molecule has 2 rings (SSSR count). The fourth-order valence-electron chi connectivity index (χ4n) is 2.98. The number of carbonyl (C=O) groups excluding carboxylic acids is 1. The predicted molar refractivity (Wildman–Crippen MR) is 89.7 cm³/mol. The quantitative estimate of drug-likeness (QED) is 0.104. The maximum absolute atomic E-state index is 11.4. The van der Waals surface area contributed by atoms with Crippen LogP contribution in [-0.2, 0) is 23.7 Å². The molecule has 0 saturated carbocycles. The second-order valence-corrected chi connectivity index (χ2v) is 6.65. The van der Waals surface area contributed by atoms with Gasteiger partial charge >= 0.3 is 5.97 Å². The summed E-state index contributed by atoms with van der Waals surface area (Å²) in [6.45, 7) is 0.519. The number of aliphatic hydroxyl groups excluding tert-OH is 6. The molecule has 0 radical (unpaired) electrons. The highest BCUT2D eigenvalue weighted by Crippen LogP contribution is 2.29. The molecule has 14 heteroatoms. The van der Waals surface area contributed by atoms with Gasteiger partial charge in [0.25, 0.3) is 0 Å². The van der Waals surface area contributed by atoms with Gasteiger partial charge in [0.2, 0.25) is 0 Å². The summed E-state index contributed by atoms with van der Waals surface area (Å²) < 4.78 is 20.8. The van der Waals surface area contributed by atoms with E-state index in [1.807, 2.05) is 0 Å². The standard InChI is InChI=1S/C15H25N3O11/c1-2-5-8(20)10(22)12(24)14(27-5)29-15-13(25)11(23)9(21)6(28-15)4-26-7(19)3-17-18-16/h5-6,8-15,20-25H,2-4H2,1H3/t5?,6?,8-,9-,10?,11+,12-,13?,14-,15-/m1/s1. The average Bonchev–Trinajstić information content (AvgIpc) is 2.71. The summed E-state index contributed by atoms with van der Waals surface area (Å²) in [6, 6.07) is 0. The molecule has 2 saturated heterocycles. The Kier molecular flexibility index (Phi) is 8.54. The number of aliphatic hydroxyl groups is 6. The minimum absolute atomic E-state index is 0.282. The number of esters is 1. The van der Waals surface area contributed by atoms with Gasteiger partial charge in [-0.05, 0) is 12.0 Å². The third kappa shape index (κ3) is 5.52. The molecule has 0 aromatic heterocycles. The van der Waals surface area contributed by atoms with E-state index in [2.05, 4.69) is 10.0 Å². The van der Waals surface area contributed by atoms with Crippen molar-refractivity contribution in [3.05, 3.63) is 10.4 Å². The monoisotopic (exact) mass is 423 g/mol. The molecule has 10 atom stereocenters. The Bertz CT molecular complexity index is 602. The second kappa shape index (κ2) is 10.4.